The molecule has 24 heavy (non-hydrogen) atoms. The van der Waals surface area contributed by atoms with Crippen molar-refractivity contribution in [3.05, 3.63) is 65.2 Å². The smallest absolute Gasteiger partial charge is 0.251 e. The van der Waals surface area contributed by atoms with Gasteiger partial charge in [0.1, 0.15) is 0 Å². The van der Waals surface area contributed by atoms with E-state index in [1.165, 1.54) is 6.92 Å². The minimum atomic E-state index is -0.164. The third-order valence-corrected chi connectivity index (χ3v) is 3.68. The van der Waals surface area contributed by atoms with Crippen LogP contribution in [0.3, 0.4) is 0 Å². The fourth-order valence-corrected chi connectivity index (χ4v) is 2.42. The first kappa shape index (κ1) is 17.2. The topological polar surface area (TPSA) is 73.2 Å². The van der Waals surface area contributed by atoms with Crippen LogP contribution in [0.15, 0.2) is 48.5 Å². The molecular weight excluding hydrogens is 302 g/mol. The molecule has 2 aromatic rings. The van der Waals surface area contributed by atoms with Crippen molar-refractivity contribution < 1.29 is 9.59 Å². The zero-order valence-corrected chi connectivity index (χ0v) is 13.7. The van der Waals surface area contributed by atoms with Crippen molar-refractivity contribution in [2.24, 2.45) is 0 Å². The van der Waals surface area contributed by atoms with Crippen LogP contribution in [0.2, 0.25) is 0 Å². The van der Waals surface area contributed by atoms with Crippen LogP contribution < -0.4 is 10.2 Å². The van der Waals surface area contributed by atoms with Gasteiger partial charge in [0.15, 0.2) is 0 Å². The van der Waals surface area contributed by atoms with Crippen LogP contribution in [0, 0.1) is 18.3 Å². The third-order valence-electron chi connectivity index (χ3n) is 3.68. The van der Waals surface area contributed by atoms with Crippen molar-refractivity contribution in [1.29, 1.82) is 5.26 Å². The van der Waals surface area contributed by atoms with E-state index >= 15 is 0 Å². The van der Waals surface area contributed by atoms with E-state index in [1.807, 2.05) is 25.1 Å². The number of nitrogens with one attached hydrogen (secondary N) is 1. The van der Waals surface area contributed by atoms with Gasteiger partial charge in [-0.2, -0.15) is 5.26 Å². The second-order valence-corrected chi connectivity index (χ2v) is 5.40. The number of rotatable bonds is 5. The molecule has 2 rings (SSSR count). The highest BCUT2D eigenvalue weighted by Crippen LogP contribution is 2.16. The van der Waals surface area contributed by atoms with Crippen molar-refractivity contribution in [3.63, 3.8) is 0 Å². The summed E-state index contributed by atoms with van der Waals surface area (Å²) in [5.41, 5.74) is 2.66. The summed E-state index contributed by atoms with van der Waals surface area (Å²) in [6, 6.07) is 16.2. The van der Waals surface area contributed by atoms with Gasteiger partial charge in [-0.3, -0.25) is 9.59 Å². The van der Waals surface area contributed by atoms with Gasteiger partial charge in [-0.25, -0.2) is 0 Å². The maximum atomic E-state index is 12.2. The minimum absolute atomic E-state index is 0.143. The fourth-order valence-electron chi connectivity index (χ4n) is 2.42. The van der Waals surface area contributed by atoms with Gasteiger partial charge in [0.05, 0.1) is 11.6 Å². The molecule has 2 amide bonds. The van der Waals surface area contributed by atoms with Gasteiger partial charge in [0, 0.05) is 31.3 Å². The number of benzene rings is 2. The molecule has 0 saturated carbocycles. The molecule has 0 heterocycles. The molecule has 0 aliphatic rings. The monoisotopic (exact) mass is 321 g/mol. The Morgan fingerprint density at radius 2 is 1.92 bits per heavy atom. The summed E-state index contributed by atoms with van der Waals surface area (Å²) in [5.74, 6) is -0.308. The van der Waals surface area contributed by atoms with Crippen LogP contribution in [0.4, 0.5) is 5.69 Å². The lowest BCUT2D eigenvalue weighted by atomic mass is 10.1. The number of anilines is 1. The number of hydrogen-bond donors (Lipinski definition) is 1. The average molecular weight is 321 g/mol. The van der Waals surface area contributed by atoms with E-state index in [1.54, 1.807) is 35.2 Å². The maximum Gasteiger partial charge on any atom is 0.251 e. The van der Waals surface area contributed by atoms with Crippen LogP contribution in [-0.2, 0) is 4.79 Å². The van der Waals surface area contributed by atoms with E-state index in [0.29, 0.717) is 29.9 Å². The van der Waals surface area contributed by atoms with Crippen LogP contribution >= 0.6 is 0 Å². The van der Waals surface area contributed by atoms with E-state index < -0.39 is 0 Å². The van der Waals surface area contributed by atoms with Gasteiger partial charge in [-0.05, 0) is 36.8 Å². The highest BCUT2D eigenvalue weighted by atomic mass is 16.2. The van der Waals surface area contributed by atoms with Gasteiger partial charge in [0.25, 0.3) is 5.91 Å². The average Bonchev–Trinajstić information content (AvgIpc) is 2.58. The Kier molecular flexibility index (Phi) is 5.69. The first-order valence-corrected chi connectivity index (χ1v) is 7.65. The zero-order chi connectivity index (χ0) is 17.5. The zero-order valence-electron chi connectivity index (χ0n) is 13.7. The molecule has 0 spiro atoms. The fraction of sp³-hybridized carbons (Fsp3) is 0.211. The van der Waals surface area contributed by atoms with Crippen LogP contribution in [0.5, 0.6) is 0 Å². The van der Waals surface area contributed by atoms with E-state index in [9.17, 15) is 9.59 Å². The summed E-state index contributed by atoms with van der Waals surface area (Å²) in [5, 5.41) is 11.8. The highest BCUT2D eigenvalue weighted by Gasteiger charge is 2.13. The van der Waals surface area contributed by atoms with Gasteiger partial charge < -0.3 is 10.2 Å². The molecular formula is C19H19N3O2. The number of nitriles is 1. The third kappa shape index (κ3) is 4.20. The van der Waals surface area contributed by atoms with Gasteiger partial charge in [0.2, 0.25) is 5.91 Å². The number of hydrogen-bond acceptors (Lipinski definition) is 3. The largest absolute Gasteiger partial charge is 0.350 e. The summed E-state index contributed by atoms with van der Waals surface area (Å²) in [7, 11) is 0. The molecule has 0 fully saturated rings. The molecule has 0 unspecified atom stereocenters. The lowest BCUT2D eigenvalue weighted by Gasteiger charge is -2.21. The Bertz CT molecular complexity index is 793. The molecule has 0 bridgehead atoms. The van der Waals surface area contributed by atoms with Gasteiger partial charge >= 0.3 is 0 Å². The first-order valence-electron chi connectivity index (χ1n) is 7.65. The van der Waals surface area contributed by atoms with E-state index in [4.69, 9.17) is 5.26 Å². The Balaban J connectivity index is 2.02. The Morgan fingerprint density at radius 1 is 1.17 bits per heavy atom. The van der Waals surface area contributed by atoms with Crippen molar-refractivity contribution in [2.45, 2.75) is 13.8 Å². The molecule has 0 saturated heterocycles. The van der Waals surface area contributed by atoms with Crippen molar-refractivity contribution >= 4 is 17.5 Å². The number of aryl methyl sites for hydroxylation is 1. The molecule has 0 aliphatic carbocycles. The number of carbonyl (C=O) groups is 2. The summed E-state index contributed by atoms with van der Waals surface area (Å²) in [6.45, 7) is 4.00. The van der Waals surface area contributed by atoms with Crippen molar-refractivity contribution in [1.82, 2.24) is 5.32 Å². The molecule has 1 N–H and O–H groups in total. The Morgan fingerprint density at radius 3 is 2.58 bits per heavy atom. The molecule has 5 nitrogen and oxygen atoms in total. The second kappa shape index (κ2) is 7.93. The molecule has 5 heteroatoms. The van der Waals surface area contributed by atoms with Crippen molar-refractivity contribution in [3.8, 4) is 6.07 Å². The predicted molar refractivity (Wildman–Crippen MR) is 92.7 cm³/mol. The van der Waals surface area contributed by atoms with E-state index in [2.05, 4.69) is 11.4 Å². The molecule has 122 valence electrons. The van der Waals surface area contributed by atoms with Crippen LogP contribution in [0.25, 0.3) is 0 Å². The molecule has 0 atom stereocenters. The number of amides is 2. The van der Waals surface area contributed by atoms with Crippen molar-refractivity contribution in [2.75, 3.05) is 18.0 Å². The SMILES string of the molecule is CC(=O)N(CCNC(=O)c1ccccc1C)c1cccc(C#N)c1. The summed E-state index contributed by atoms with van der Waals surface area (Å²) in [4.78, 5) is 25.6. The summed E-state index contributed by atoms with van der Waals surface area (Å²) < 4.78 is 0. The lowest BCUT2D eigenvalue weighted by Crippen LogP contribution is -2.37. The summed E-state index contributed by atoms with van der Waals surface area (Å²) >= 11 is 0. The van der Waals surface area contributed by atoms with E-state index in [-0.39, 0.29) is 11.8 Å². The van der Waals surface area contributed by atoms with Crippen LogP contribution in [-0.4, -0.2) is 24.9 Å². The summed E-state index contributed by atoms with van der Waals surface area (Å²) in [6.07, 6.45) is 0. The Hall–Kier alpha value is -3.13. The van der Waals surface area contributed by atoms with Gasteiger partial charge in [-0.15, -0.1) is 0 Å². The molecule has 2 aromatic carbocycles. The molecule has 0 aliphatic heterocycles. The number of nitrogens with zero attached hydrogens (tertiary/aromatic N) is 2. The lowest BCUT2D eigenvalue weighted by molar-refractivity contribution is -0.116. The molecule has 0 radical (unpaired) electrons. The standard InChI is InChI=1S/C19H19N3O2/c1-14-6-3-4-9-18(14)19(24)21-10-11-22(15(2)23)17-8-5-7-16(12-17)13-20/h3-9,12H,10-11H2,1-2H3,(H,21,24). The maximum absolute atomic E-state index is 12.2. The molecule has 0 aromatic heterocycles. The predicted octanol–water partition coefficient (Wildman–Crippen LogP) is 2.65. The van der Waals surface area contributed by atoms with Gasteiger partial charge in [-0.1, -0.05) is 24.3 Å². The highest BCUT2D eigenvalue weighted by molar-refractivity contribution is 5.96. The second-order valence-electron chi connectivity index (χ2n) is 5.40. The Labute approximate surface area is 141 Å². The quantitative estimate of drug-likeness (QED) is 0.920. The first-order chi connectivity index (χ1) is 11.5. The number of carbonyl (C=O) groups excluding carboxylic acids is 2. The normalized spacial score (nSPS) is 9.88. The van der Waals surface area contributed by atoms with Crippen LogP contribution in [0.1, 0.15) is 28.4 Å². The van der Waals surface area contributed by atoms with E-state index in [0.717, 1.165) is 5.56 Å². The minimum Gasteiger partial charge on any atom is -0.350 e.